The lowest BCUT2D eigenvalue weighted by Gasteiger charge is -2.10. The average Bonchev–Trinajstić information content (AvgIpc) is 3.43. The molecule has 0 spiro atoms. The van der Waals surface area contributed by atoms with Gasteiger partial charge < -0.3 is 0 Å². The van der Waals surface area contributed by atoms with Crippen molar-refractivity contribution in [3.63, 3.8) is 0 Å². The number of hydrogen-bond donors (Lipinski definition) is 1. The Kier molecular flexibility index (Phi) is 5.35. The highest BCUT2D eigenvalue weighted by atomic mass is 32.1. The van der Waals surface area contributed by atoms with Gasteiger partial charge in [0.2, 0.25) is 4.80 Å². The fourth-order valence-corrected chi connectivity index (χ4v) is 4.32. The molecule has 0 saturated heterocycles. The van der Waals surface area contributed by atoms with Crippen molar-refractivity contribution in [2.24, 2.45) is 5.10 Å². The zero-order chi connectivity index (χ0) is 21.9. The second kappa shape index (κ2) is 8.60. The molecule has 32 heavy (non-hydrogen) atoms. The fraction of sp³-hybridized carbons (Fsp3) is 0.0833. The summed E-state index contributed by atoms with van der Waals surface area (Å²) >= 11 is 1.47. The number of aryl methyl sites for hydroxylation is 1. The van der Waals surface area contributed by atoms with Gasteiger partial charge in [-0.15, -0.1) is 21.5 Å². The Bertz CT molecular complexity index is 1450. The Morgan fingerprint density at radius 3 is 2.56 bits per heavy atom. The van der Waals surface area contributed by atoms with Crippen molar-refractivity contribution in [1.82, 2.24) is 25.0 Å². The van der Waals surface area contributed by atoms with Gasteiger partial charge in [0.1, 0.15) is 12.1 Å². The summed E-state index contributed by atoms with van der Waals surface area (Å²) in [6.07, 6.45) is 0. The molecule has 5 rings (SSSR count). The Labute approximate surface area is 188 Å². The number of carbonyl (C=O) groups is 1. The van der Waals surface area contributed by atoms with E-state index in [9.17, 15) is 4.79 Å². The van der Waals surface area contributed by atoms with Gasteiger partial charge in [-0.25, -0.2) is 10.1 Å². The van der Waals surface area contributed by atoms with E-state index < -0.39 is 0 Å². The van der Waals surface area contributed by atoms with Crippen molar-refractivity contribution in [2.75, 3.05) is 0 Å². The first-order valence-corrected chi connectivity index (χ1v) is 11.0. The van der Waals surface area contributed by atoms with Crippen LogP contribution in [0.4, 0.5) is 0 Å². The van der Waals surface area contributed by atoms with E-state index >= 15 is 0 Å². The molecule has 0 fully saturated rings. The summed E-state index contributed by atoms with van der Waals surface area (Å²) in [5.74, 6) is -0.272. The molecule has 3 aromatic carbocycles. The zero-order valence-electron chi connectivity index (χ0n) is 17.3. The number of nitrogens with zero attached hydrogens (tertiary/aromatic N) is 5. The van der Waals surface area contributed by atoms with E-state index in [0.29, 0.717) is 4.80 Å². The second-order valence-electron chi connectivity index (χ2n) is 7.32. The SMILES string of the molecule is Cc1ccc(-n2c(-c3ccccc3)cs/c2=N\NC(=O)Cn2nnc3ccccc32)cc1. The minimum absolute atomic E-state index is 0.0332. The van der Waals surface area contributed by atoms with E-state index in [-0.39, 0.29) is 12.5 Å². The van der Waals surface area contributed by atoms with Gasteiger partial charge >= 0.3 is 0 Å². The van der Waals surface area contributed by atoms with Gasteiger partial charge in [0.05, 0.1) is 11.2 Å². The van der Waals surface area contributed by atoms with E-state index in [1.807, 2.05) is 52.4 Å². The van der Waals surface area contributed by atoms with Crippen molar-refractivity contribution in [3.8, 4) is 16.9 Å². The minimum Gasteiger partial charge on any atom is -0.284 e. The van der Waals surface area contributed by atoms with Crippen molar-refractivity contribution in [1.29, 1.82) is 0 Å². The summed E-state index contributed by atoms with van der Waals surface area (Å²) in [6, 6.07) is 25.9. The van der Waals surface area contributed by atoms with E-state index in [1.165, 1.54) is 16.9 Å². The molecule has 0 radical (unpaired) electrons. The lowest BCUT2D eigenvalue weighted by Crippen LogP contribution is -2.27. The lowest BCUT2D eigenvalue weighted by atomic mass is 10.1. The largest absolute Gasteiger partial charge is 0.284 e. The van der Waals surface area contributed by atoms with Crippen molar-refractivity contribution < 1.29 is 4.79 Å². The van der Waals surface area contributed by atoms with Crippen LogP contribution in [0.2, 0.25) is 0 Å². The first-order valence-electron chi connectivity index (χ1n) is 10.1. The van der Waals surface area contributed by atoms with Gasteiger partial charge in [-0.2, -0.15) is 0 Å². The number of benzene rings is 3. The van der Waals surface area contributed by atoms with Crippen LogP contribution < -0.4 is 10.2 Å². The fourth-order valence-electron chi connectivity index (χ4n) is 3.46. The third-order valence-corrected chi connectivity index (χ3v) is 5.89. The van der Waals surface area contributed by atoms with Crippen molar-refractivity contribution in [2.45, 2.75) is 13.5 Å². The molecule has 7 nitrogen and oxygen atoms in total. The number of nitrogens with one attached hydrogen (secondary N) is 1. The lowest BCUT2D eigenvalue weighted by molar-refractivity contribution is -0.121. The number of aromatic nitrogens is 4. The molecule has 2 aromatic heterocycles. The van der Waals surface area contributed by atoms with E-state index in [4.69, 9.17) is 0 Å². The summed E-state index contributed by atoms with van der Waals surface area (Å²) in [5.41, 5.74) is 8.47. The molecular weight excluding hydrogens is 420 g/mol. The smallest absolute Gasteiger partial charge is 0.261 e. The summed E-state index contributed by atoms with van der Waals surface area (Å²) in [7, 11) is 0. The monoisotopic (exact) mass is 440 g/mol. The number of carbonyl (C=O) groups excluding carboxylic acids is 1. The third kappa shape index (κ3) is 3.95. The topological polar surface area (TPSA) is 77.1 Å². The highest BCUT2D eigenvalue weighted by Gasteiger charge is 2.11. The molecule has 0 aliphatic rings. The molecule has 2 heterocycles. The summed E-state index contributed by atoms with van der Waals surface area (Å²) in [6.45, 7) is 2.09. The molecule has 1 amide bonds. The molecule has 5 aromatic rings. The number of fused-ring (bicyclic) bond motifs is 1. The maximum Gasteiger partial charge on any atom is 0.261 e. The average molecular weight is 441 g/mol. The van der Waals surface area contributed by atoms with Gasteiger partial charge in [0.25, 0.3) is 5.91 Å². The molecule has 0 saturated carbocycles. The Morgan fingerprint density at radius 1 is 1.00 bits per heavy atom. The number of amides is 1. The zero-order valence-corrected chi connectivity index (χ0v) is 18.2. The number of para-hydroxylation sites is 1. The predicted molar refractivity (Wildman–Crippen MR) is 125 cm³/mol. The Morgan fingerprint density at radius 2 is 1.75 bits per heavy atom. The van der Waals surface area contributed by atoms with Crippen LogP contribution >= 0.6 is 11.3 Å². The van der Waals surface area contributed by atoms with E-state index in [0.717, 1.165) is 28.0 Å². The van der Waals surface area contributed by atoms with Crippen LogP contribution in [0, 0.1) is 6.92 Å². The molecule has 0 unspecified atom stereocenters. The first-order chi connectivity index (χ1) is 15.7. The third-order valence-electron chi connectivity index (χ3n) is 5.06. The highest BCUT2D eigenvalue weighted by Crippen LogP contribution is 2.23. The first kappa shape index (κ1) is 19.9. The number of thiazole rings is 1. The van der Waals surface area contributed by atoms with Crippen molar-refractivity contribution in [3.05, 3.63) is 94.6 Å². The highest BCUT2D eigenvalue weighted by molar-refractivity contribution is 7.07. The molecule has 0 aliphatic carbocycles. The van der Waals surface area contributed by atoms with Gasteiger partial charge in [-0.05, 0) is 36.8 Å². The standard InChI is InChI=1S/C24H20N6OS/c1-17-11-13-19(14-12-17)30-22(18-7-3-2-4-8-18)16-32-24(30)27-26-23(31)15-29-21-10-6-5-9-20(21)25-28-29/h2-14,16H,15H2,1H3,(H,26,31)/b27-24-. The van der Waals surface area contributed by atoms with Crippen LogP contribution in [0.15, 0.2) is 89.3 Å². The molecule has 0 aliphatic heterocycles. The molecule has 0 bridgehead atoms. The maximum atomic E-state index is 12.6. The van der Waals surface area contributed by atoms with Crippen LogP contribution in [0.1, 0.15) is 5.56 Å². The van der Waals surface area contributed by atoms with Crippen LogP contribution in [0.5, 0.6) is 0 Å². The quantitative estimate of drug-likeness (QED) is 0.421. The number of hydrogen-bond acceptors (Lipinski definition) is 5. The molecule has 0 atom stereocenters. The van der Waals surface area contributed by atoms with Gasteiger partial charge in [-0.1, -0.05) is 65.4 Å². The molecular formula is C24H20N6OS. The molecule has 1 N–H and O–H groups in total. The Balaban J connectivity index is 1.48. The summed E-state index contributed by atoms with van der Waals surface area (Å²) < 4.78 is 3.61. The van der Waals surface area contributed by atoms with Crippen LogP contribution in [-0.4, -0.2) is 25.5 Å². The number of rotatable bonds is 5. The molecule has 8 heteroatoms. The summed E-state index contributed by atoms with van der Waals surface area (Å²) in [4.78, 5) is 13.3. The van der Waals surface area contributed by atoms with Crippen LogP contribution in [-0.2, 0) is 11.3 Å². The van der Waals surface area contributed by atoms with Crippen LogP contribution in [0.3, 0.4) is 0 Å². The van der Waals surface area contributed by atoms with Crippen LogP contribution in [0.25, 0.3) is 28.0 Å². The maximum absolute atomic E-state index is 12.6. The van der Waals surface area contributed by atoms with Gasteiger partial charge in [-0.3, -0.25) is 9.36 Å². The minimum atomic E-state index is -0.272. The van der Waals surface area contributed by atoms with Gasteiger partial charge in [0.15, 0.2) is 0 Å². The van der Waals surface area contributed by atoms with Crippen molar-refractivity contribution >= 4 is 28.3 Å². The summed E-state index contributed by atoms with van der Waals surface area (Å²) in [5, 5.41) is 14.6. The Hall–Kier alpha value is -4.04. The normalized spacial score (nSPS) is 11.7. The molecule has 158 valence electrons. The van der Waals surface area contributed by atoms with E-state index in [2.05, 4.69) is 64.2 Å². The van der Waals surface area contributed by atoms with E-state index in [1.54, 1.807) is 4.68 Å². The predicted octanol–water partition coefficient (Wildman–Crippen LogP) is 3.89. The van der Waals surface area contributed by atoms with Gasteiger partial charge in [0, 0.05) is 11.1 Å². The second-order valence-corrected chi connectivity index (χ2v) is 8.16.